The van der Waals surface area contributed by atoms with Gasteiger partial charge in [-0.25, -0.2) is 38.9 Å². The lowest BCUT2D eigenvalue weighted by molar-refractivity contribution is -0.131. The number of nitrogen functional groups attached to an aromatic ring is 2. The summed E-state index contributed by atoms with van der Waals surface area (Å²) < 4.78 is 30.5. The number of nitriles is 1. The number of amidine groups is 2. The van der Waals surface area contributed by atoms with Gasteiger partial charge in [-0.15, -0.1) is 10.2 Å². The van der Waals surface area contributed by atoms with E-state index in [-0.39, 0.29) is 84.3 Å². The molecule has 52 nitrogen and oxygen atoms in total. The van der Waals surface area contributed by atoms with Crippen LogP contribution in [0.25, 0.3) is 0 Å². The molecule has 5 saturated heterocycles. The number of likely N-dealkylation sites (tertiary alicyclic amines) is 1. The highest BCUT2D eigenvalue weighted by molar-refractivity contribution is 5.84. The number of carbonyl (C=O) groups is 6. The summed E-state index contributed by atoms with van der Waals surface area (Å²) in [5.74, 6) is 2.60. The summed E-state index contributed by atoms with van der Waals surface area (Å²) in [6.07, 6.45) is 18.6. The molecule has 5 amide bonds. The predicted molar refractivity (Wildman–Crippen MR) is 448 cm³/mol. The van der Waals surface area contributed by atoms with Crippen molar-refractivity contribution >= 4 is 71.3 Å². The van der Waals surface area contributed by atoms with E-state index in [1.54, 1.807) is 140 Å². The zero-order chi connectivity index (χ0) is 92.1. The van der Waals surface area contributed by atoms with Crippen molar-refractivity contribution in [2.24, 2.45) is 101 Å². The third kappa shape index (κ3) is 47.7. The van der Waals surface area contributed by atoms with Gasteiger partial charge in [0.25, 0.3) is 0 Å². The lowest BCUT2D eigenvalue weighted by Crippen LogP contribution is -2.31. The number of aliphatic imine (C=N–C) groups is 2. The molecule has 0 spiro atoms. The number of carbonyl (C=O) groups excluding carboxylic acids is 5. The summed E-state index contributed by atoms with van der Waals surface area (Å²) in [6.45, 7) is 9.60. The van der Waals surface area contributed by atoms with E-state index in [1.807, 2.05) is 73.2 Å². The van der Waals surface area contributed by atoms with Crippen LogP contribution in [-0.2, 0) is 93.1 Å². The standard InChI is InChI=1S/2C7H13N3O2.C6H11NO.C6H7NO.C5H10N6.C5H6N4.C5H10N2O2.C5H9NO3.C4H5N3O2.3C4H7N3.C4H9N3.C4H7N3/c2*1-10-4-5(12-7(10)11)2-3-6(8)9;2*1-7-5-3-2-4-6(7)8;1-11-3-4(9-10-11)2-8-5(6)7;1-9-7-4-5(8-9)2-3-6;1-7-3-4(2-6)9-5(7)8;1-6-2-4(3-7)9-5(6)8;1-7-2-3(4(8)9)5-6-7;1-7-3-4(5)2-6-7;1-4-5-3-7(2)6-4;1-4-5-3-6-7(4)2;1-7-3-2-6-4(7)5;1-7-3-2-4(5)6-7/h2*5H,2-4H2,1H3,(H3,8,9);2-5H2,1H3;2-5H,1H3;3H,2H2,1H3,(H4,6,7,8);4H,2H2,1H3;4H,2-3,6H2,1H3;4,7H,2-3H2,1H3;2H,1H3,(H,8,9);2-3H,5H2,1H3;2*3H,1-2H3;2-3H2,1H3,(H2,5,6);2-3H,1H3,(H2,5,6)/t2*5-;;;;;2*4-;;;;;;/m10....00....../s1. The number of hydrogen-bond donors (Lipinski definition) is 12. The number of cyclic esters (lactones) is 4. The maximum absolute atomic E-state index is 10.8. The Balaban J connectivity index is 0.000000659. The van der Waals surface area contributed by atoms with Gasteiger partial charge in [0, 0.05) is 168 Å². The van der Waals surface area contributed by atoms with E-state index in [9.17, 15) is 33.6 Å². The Bertz CT molecular complexity index is 4340. The fourth-order valence-electron chi connectivity index (χ4n) is 9.06. The minimum atomic E-state index is -1.05. The molecule has 8 aromatic rings. The first-order valence-corrected chi connectivity index (χ1v) is 37.3. The average Bonchev–Trinajstić information content (AvgIpc) is 1.78. The van der Waals surface area contributed by atoms with Crippen LogP contribution < -0.4 is 51.4 Å². The smallest absolute Gasteiger partial charge is 0.410 e. The number of pyridine rings is 1. The number of ether oxygens (including phenoxy) is 4. The molecule has 6 aliphatic heterocycles. The fraction of sp³-hybridized carbons (Fsp3) is 0.543. The van der Waals surface area contributed by atoms with E-state index in [2.05, 4.69) is 75.9 Å². The number of nitrogens with one attached hydrogen (secondary N) is 2. The van der Waals surface area contributed by atoms with E-state index in [0.29, 0.717) is 94.7 Å². The molecule has 122 heavy (non-hydrogen) atoms. The lowest BCUT2D eigenvalue weighted by Gasteiger charge is -2.21. The van der Waals surface area contributed by atoms with Crippen molar-refractivity contribution < 1.29 is 57.9 Å². The molecule has 14 rings (SSSR count). The van der Waals surface area contributed by atoms with Gasteiger partial charge < -0.3 is 109 Å². The highest BCUT2D eigenvalue weighted by Crippen LogP contribution is 2.15. The molecule has 0 radical (unpaired) electrons. The SMILES string of the molecule is CN1CCCCC1=O.CN1CCN=C1N.CN1C[C@@H](CCC(=N)N)OC1=O.CN1C[C@@H](CO)OC1=O.CN1C[C@H](CCC(=N)N)OC1=O.CN1C[C@H](CN)OC1=O.Cc1ncn(C)n1.Cc1ncnn1C.Cn1cc(C(=O)O)nn1.Cn1cc(CN=C(N)N)nn1.Cn1cc(N)cn1.Cn1ccc(N)n1.Cn1ccccc1=O.Cn1ncc(CC#N)n1. The minimum absolute atomic E-state index is 0.0301. The molecule has 8 aromatic heterocycles. The van der Waals surface area contributed by atoms with Gasteiger partial charge in [-0.1, -0.05) is 16.5 Å². The summed E-state index contributed by atoms with van der Waals surface area (Å²) >= 11 is 0. The van der Waals surface area contributed by atoms with Crippen molar-refractivity contribution in [1.82, 2.24) is 128 Å². The highest BCUT2D eigenvalue weighted by Gasteiger charge is 2.30. The number of rotatable bonds is 12. The van der Waals surface area contributed by atoms with Gasteiger partial charge in [0.2, 0.25) is 11.5 Å². The second-order valence-corrected chi connectivity index (χ2v) is 26.8. The first-order chi connectivity index (χ1) is 57.4. The first-order valence-electron chi connectivity index (χ1n) is 37.3. The van der Waals surface area contributed by atoms with Crippen LogP contribution in [0.2, 0.25) is 0 Å². The van der Waals surface area contributed by atoms with Crippen LogP contribution in [0.5, 0.6) is 0 Å². The molecule has 0 unspecified atom stereocenters. The van der Waals surface area contributed by atoms with E-state index in [0.717, 1.165) is 55.5 Å². The lowest BCUT2D eigenvalue weighted by atomic mass is 10.1. The van der Waals surface area contributed by atoms with Crippen LogP contribution in [0, 0.1) is 36.0 Å². The van der Waals surface area contributed by atoms with Gasteiger partial charge in [-0.05, 0) is 51.7 Å². The van der Waals surface area contributed by atoms with Crippen LogP contribution in [0.4, 0.5) is 30.7 Å². The fourth-order valence-corrected chi connectivity index (χ4v) is 9.06. The third-order valence-electron chi connectivity index (χ3n) is 15.7. The van der Waals surface area contributed by atoms with E-state index >= 15 is 0 Å². The molecule has 20 N–H and O–H groups in total. The number of aryl methyl sites for hydroxylation is 10. The molecule has 674 valence electrons. The summed E-state index contributed by atoms with van der Waals surface area (Å²) in [4.78, 5) is 101. The average molecular weight is 1720 g/mol. The number of likely N-dealkylation sites (N-methyl/N-ethyl adjacent to an activating group) is 5. The monoisotopic (exact) mass is 1720 g/mol. The third-order valence-corrected chi connectivity index (χ3v) is 15.7. The Morgan fingerprint density at radius 1 is 0.607 bits per heavy atom. The number of aliphatic hydroxyl groups excluding tert-OH is 1. The number of carboxylic acids is 1. The molecule has 0 bridgehead atoms. The van der Waals surface area contributed by atoms with Crippen molar-refractivity contribution in [3.8, 4) is 6.07 Å². The maximum atomic E-state index is 10.8. The van der Waals surface area contributed by atoms with Crippen molar-refractivity contribution in [3.05, 3.63) is 119 Å². The molecular formula is C70H121N39O13. The van der Waals surface area contributed by atoms with E-state index in [1.165, 1.54) is 58.7 Å². The molecule has 0 saturated carbocycles. The van der Waals surface area contributed by atoms with E-state index in [4.69, 9.17) is 86.4 Å². The number of amides is 5. The molecule has 5 fully saturated rings. The topological polar surface area (TPSA) is 715 Å². The number of aliphatic hydroxyl groups is 1. The number of aromatic carboxylic acids is 1. The van der Waals surface area contributed by atoms with Crippen molar-refractivity contribution in [2.45, 2.75) is 96.2 Å². The molecule has 14 heterocycles. The first kappa shape index (κ1) is 106. The Kier molecular flexibility index (Phi) is 49.9. The predicted octanol–water partition coefficient (Wildman–Crippen LogP) is -2.37. The van der Waals surface area contributed by atoms with Gasteiger partial charge in [0.1, 0.15) is 60.2 Å². The van der Waals surface area contributed by atoms with Gasteiger partial charge >= 0.3 is 30.3 Å². The van der Waals surface area contributed by atoms with Crippen LogP contribution in [0.1, 0.15) is 78.5 Å². The zero-order valence-electron chi connectivity index (χ0n) is 72.0. The largest absolute Gasteiger partial charge is 0.476 e. The quantitative estimate of drug-likeness (QED) is 0.0345. The second kappa shape index (κ2) is 57.6. The summed E-state index contributed by atoms with van der Waals surface area (Å²) in [5.41, 5.74) is 43.9. The van der Waals surface area contributed by atoms with Gasteiger partial charge in [0.15, 0.2) is 17.6 Å². The highest BCUT2D eigenvalue weighted by atomic mass is 16.6. The Morgan fingerprint density at radius 2 is 1.16 bits per heavy atom. The maximum Gasteiger partial charge on any atom is 0.410 e. The summed E-state index contributed by atoms with van der Waals surface area (Å²) in [6, 6.07) is 8.80. The number of guanidine groups is 2. The number of carboxylic acid groups (broad SMARTS) is 1. The molecule has 52 heteroatoms. The van der Waals surface area contributed by atoms with Crippen LogP contribution >= 0.6 is 0 Å². The normalized spacial score (nSPS) is 15.9. The Labute approximate surface area is 705 Å². The molecule has 0 aliphatic carbocycles. The van der Waals surface area contributed by atoms with Crippen LogP contribution in [0.15, 0.2) is 95.1 Å². The Hall–Kier alpha value is -14.4. The molecular weight excluding hydrogens is 1600 g/mol. The minimum Gasteiger partial charge on any atom is -0.476 e. The Morgan fingerprint density at radius 3 is 1.40 bits per heavy atom. The number of nitrogens with zero attached hydrogens (tertiary/aromatic N) is 29. The molecule has 4 atom stereocenters. The van der Waals surface area contributed by atoms with Crippen LogP contribution in [0.3, 0.4) is 0 Å². The van der Waals surface area contributed by atoms with Gasteiger partial charge in [0.05, 0.1) is 100 Å². The second-order valence-electron chi connectivity index (χ2n) is 26.8. The van der Waals surface area contributed by atoms with Gasteiger partial charge in [-0.2, -0.15) is 40.7 Å². The van der Waals surface area contributed by atoms with Crippen molar-refractivity contribution in [2.75, 3.05) is 113 Å². The number of anilines is 2. The van der Waals surface area contributed by atoms with Gasteiger partial charge in [-0.3, -0.25) is 53.5 Å². The molecule has 6 aliphatic rings. The number of aromatic nitrogens is 20. The van der Waals surface area contributed by atoms with Crippen molar-refractivity contribution in [1.29, 1.82) is 16.1 Å². The number of hydrogen-bond acceptors (Lipinski definition) is 34. The summed E-state index contributed by atoms with van der Waals surface area (Å²) in [7, 11) is 24.7. The van der Waals surface area contributed by atoms with E-state index < -0.39 is 5.97 Å². The number of nitrogens with two attached hydrogens (primary N) is 8. The number of piperidine rings is 1. The summed E-state index contributed by atoms with van der Waals surface area (Å²) in [5, 5.41) is 76.2. The van der Waals surface area contributed by atoms with Crippen LogP contribution in [-0.4, -0.2) is 324 Å². The zero-order valence-corrected chi connectivity index (χ0v) is 72.0. The molecule has 0 aromatic carbocycles. The van der Waals surface area contributed by atoms with Crippen molar-refractivity contribution in [3.63, 3.8) is 0 Å².